The molecule has 0 aliphatic carbocycles. The summed E-state index contributed by atoms with van der Waals surface area (Å²) in [4.78, 5) is 39.9. The molecule has 1 aliphatic rings. The van der Waals surface area contributed by atoms with E-state index in [1.165, 1.54) is 9.80 Å². The lowest BCUT2D eigenvalue weighted by molar-refractivity contribution is -0.139. The Labute approximate surface area is 168 Å². The molecule has 0 saturated carbocycles. The largest absolute Gasteiger partial charge is 0.323 e. The standard InChI is InChI=1S/C21H23N3O3S/c1-23(13-15-5-9-18(28-2)10-6-15)21(27)22-17-7-3-16(4-8-17)14-24-19(25)11-12-20(24)26/h3-10H,11-14H2,1-2H3,(H,22,27). The Morgan fingerprint density at radius 2 is 1.57 bits per heavy atom. The Morgan fingerprint density at radius 1 is 1.00 bits per heavy atom. The van der Waals surface area contributed by atoms with Gasteiger partial charge >= 0.3 is 6.03 Å². The molecular weight excluding hydrogens is 374 g/mol. The second kappa shape index (κ2) is 8.93. The predicted octanol–water partition coefficient (Wildman–Crippen LogP) is 3.72. The number of hydrogen-bond acceptors (Lipinski definition) is 4. The van der Waals surface area contributed by atoms with Gasteiger partial charge in [-0.3, -0.25) is 14.5 Å². The normalized spacial score (nSPS) is 13.7. The number of thioether (sulfide) groups is 1. The van der Waals surface area contributed by atoms with E-state index in [9.17, 15) is 14.4 Å². The molecule has 7 heteroatoms. The van der Waals surface area contributed by atoms with Crippen molar-refractivity contribution in [2.24, 2.45) is 0 Å². The first kappa shape index (κ1) is 19.9. The minimum Gasteiger partial charge on any atom is -0.323 e. The fourth-order valence-corrected chi connectivity index (χ4v) is 3.38. The predicted molar refractivity (Wildman–Crippen MR) is 110 cm³/mol. The van der Waals surface area contributed by atoms with Crippen LogP contribution in [-0.2, 0) is 22.7 Å². The van der Waals surface area contributed by atoms with Crippen molar-refractivity contribution in [1.29, 1.82) is 0 Å². The van der Waals surface area contributed by atoms with Crippen molar-refractivity contribution in [2.75, 3.05) is 18.6 Å². The average Bonchev–Trinajstić information content (AvgIpc) is 3.02. The van der Waals surface area contributed by atoms with Crippen LogP contribution in [0.1, 0.15) is 24.0 Å². The van der Waals surface area contributed by atoms with Gasteiger partial charge in [-0.15, -0.1) is 11.8 Å². The summed E-state index contributed by atoms with van der Waals surface area (Å²) in [5.74, 6) is -0.260. The van der Waals surface area contributed by atoms with Gasteiger partial charge in [-0.2, -0.15) is 0 Å². The zero-order chi connectivity index (χ0) is 20.1. The van der Waals surface area contributed by atoms with Gasteiger partial charge in [0.1, 0.15) is 0 Å². The van der Waals surface area contributed by atoms with E-state index in [1.807, 2.05) is 42.7 Å². The number of nitrogens with zero attached hydrogens (tertiary/aromatic N) is 2. The van der Waals surface area contributed by atoms with E-state index < -0.39 is 0 Å². The molecule has 1 aliphatic heterocycles. The molecule has 0 radical (unpaired) electrons. The van der Waals surface area contributed by atoms with Gasteiger partial charge in [0.15, 0.2) is 0 Å². The quantitative estimate of drug-likeness (QED) is 0.596. The molecule has 2 aromatic rings. The highest BCUT2D eigenvalue weighted by molar-refractivity contribution is 7.98. The average molecular weight is 398 g/mol. The summed E-state index contributed by atoms with van der Waals surface area (Å²) in [6, 6.07) is 15.1. The SMILES string of the molecule is CSc1ccc(CN(C)C(=O)Nc2ccc(CN3C(=O)CCC3=O)cc2)cc1. The highest BCUT2D eigenvalue weighted by atomic mass is 32.2. The fraction of sp³-hybridized carbons (Fsp3) is 0.286. The highest BCUT2D eigenvalue weighted by Gasteiger charge is 2.28. The van der Waals surface area contributed by atoms with Crippen LogP contribution in [0.5, 0.6) is 0 Å². The van der Waals surface area contributed by atoms with Gasteiger partial charge in [0.05, 0.1) is 6.54 Å². The molecule has 146 valence electrons. The smallest absolute Gasteiger partial charge is 0.321 e. The number of rotatable bonds is 6. The van der Waals surface area contributed by atoms with E-state index in [4.69, 9.17) is 0 Å². The van der Waals surface area contributed by atoms with E-state index in [0.717, 1.165) is 11.1 Å². The topological polar surface area (TPSA) is 69.7 Å². The van der Waals surface area contributed by atoms with E-state index in [0.29, 0.717) is 25.1 Å². The van der Waals surface area contributed by atoms with Gasteiger partial charge in [-0.25, -0.2) is 4.79 Å². The number of amides is 4. The number of carbonyl (C=O) groups excluding carboxylic acids is 3. The Kier molecular flexibility index (Phi) is 6.36. The van der Waals surface area contributed by atoms with Crippen molar-refractivity contribution < 1.29 is 14.4 Å². The molecule has 4 amide bonds. The number of nitrogens with one attached hydrogen (secondary N) is 1. The number of benzene rings is 2. The number of imide groups is 1. The third kappa shape index (κ3) is 4.92. The monoisotopic (exact) mass is 397 g/mol. The van der Waals surface area contributed by atoms with Crippen LogP contribution in [0.4, 0.5) is 10.5 Å². The molecule has 1 N–H and O–H groups in total. The molecule has 0 aromatic heterocycles. The Hall–Kier alpha value is -2.80. The van der Waals surface area contributed by atoms with Crippen LogP contribution in [-0.4, -0.2) is 40.9 Å². The Balaban J connectivity index is 1.54. The van der Waals surface area contributed by atoms with E-state index in [-0.39, 0.29) is 24.4 Å². The molecule has 1 heterocycles. The molecular formula is C21H23N3O3S. The van der Waals surface area contributed by atoms with Crippen LogP contribution in [0.25, 0.3) is 0 Å². The van der Waals surface area contributed by atoms with Crippen LogP contribution < -0.4 is 5.32 Å². The minimum absolute atomic E-state index is 0.130. The molecule has 6 nitrogen and oxygen atoms in total. The summed E-state index contributed by atoms with van der Waals surface area (Å²) < 4.78 is 0. The van der Waals surface area contributed by atoms with Gasteiger partial charge in [0.2, 0.25) is 11.8 Å². The maximum absolute atomic E-state index is 12.4. The third-order valence-corrected chi connectivity index (χ3v) is 5.37. The summed E-state index contributed by atoms with van der Waals surface area (Å²) in [6.45, 7) is 0.787. The van der Waals surface area contributed by atoms with Crippen molar-refractivity contribution in [3.8, 4) is 0 Å². The molecule has 0 unspecified atom stereocenters. The van der Waals surface area contributed by atoms with Gasteiger partial charge in [0.25, 0.3) is 0 Å². The van der Waals surface area contributed by atoms with Crippen molar-refractivity contribution in [3.63, 3.8) is 0 Å². The Morgan fingerprint density at radius 3 is 2.14 bits per heavy atom. The summed E-state index contributed by atoms with van der Waals surface area (Å²) in [5.41, 5.74) is 2.58. The number of likely N-dealkylation sites (tertiary alicyclic amines) is 1. The number of carbonyl (C=O) groups is 3. The Bertz CT molecular complexity index is 849. The molecule has 0 atom stereocenters. The fourth-order valence-electron chi connectivity index (χ4n) is 2.97. The van der Waals surface area contributed by atoms with Crippen molar-refractivity contribution in [3.05, 3.63) is 59.7 Å². The lowest BCUT2D eigenvalue weighted by Gasteiger charge is -2.19. The maximum atomic E-state index is 12.4. The van der Waals surface area contributed by atoms with Gasteiger partial charge in [0, 0.05) is 37.0 Å². The number of urea groups is 1. The molecule has 3 rings (SSSR count). The first-order chi connectivity index (χ1) is 13.5. The molecule has 1 fully saturated rings. The second-order valence-corrected chi connectivity index (χ2v) is 7.58. The van der Waals surface area contributed by atoms with Crippen molar-refractivity contribution in [1.82, 2.24) is 9.80 Å². The number of anilines is 1. The van der Waals surface area contributed by atoms with Crippen LogP contribution in [0.3, 0.4) is 0 Å². The van der Waals surface area contributed by atoms with Crippen molar-refractivity contribution >= 4 is 35.3 Å². The molecule has 0 spiro atoms. The molecule has 28 heavy (non-hydrogen) atoms. The summed E-state index contributed by atoms with van der Waals surface area (Å²) in [6.07, 6.45) is 2.61. The number of hydrogen-bond donors (Lipinski definition) is 1. The highest BCUT2D eigenvalue weighted by Crippen LogP contribution is 2.18. The zero-order valence-corrected chi connectivity index (χ0v) is 16.8. The lowest BCUT2D eigenvalue weighted by atomic mass is 10.2. The zero-order valence-electron chi connectivity index (χ0n) is 16.0. The van der Waals surface area contributed by atoms with Gasteiger partial charge < -0.3 is 10.2 Å². The van der Waals surface area contributed by atoms with Crippen LogP contribution in [0.2, 0.25) is 0 Å². The van der Waals surface area contributed by atoms with Gasteiger partial charge in [-0.1, -0.05) is 24.3 Å². The third-order valence-electron chi connectivity index (χ3n) is 4.63. The lowest BCUT2D eigenvalue weighted by Crippen LogP contribution is -2.30. The summed E-state index contributed by atoms with van der Waals surface area (Å²) >= 11 is 1.68. The second-order valence-electron chi connectivity index (χ2n) is 6.70. The van der Waals surface area contributed by atoms with Crippen LogP contribution in [0.15, 0.2) is 53.4 Å². The molecule has 0 bridgehead atoms. The van der Waals surface area contributed by atoms with E-state index in [1.54, 1.807) is 35.8 Å². The summed E-state index contributed by atoms with van der Waals surface area (Å²) in [5, 5.41) is 2.86. The van der Waals surface area contributed by atoms with Crippen molar-refractivity contribution in [2.45, 2.75) is 30.8 Å². The van der Waals surface area contributed by atoms with Crippen LogP contribution in [0, 0.1) is 0 Å². The first-order valence-electron chi connectivity index (χ1n) is 9.03. The maximum Gasteiger partial charge on any atom is 0.321 e. The van der Waals surface area contributed by atoms with Crippen LogP contribution >= 0.6 is 11.8 Å². The first-order valence-corrected chi connectivity index (χ1v) is 10.3. The molecule has 2 aromatic carbocycles. The molecule has 1 saturated heterocycles. The minimum atomic E-state index is -0.202. The van der Waals surface area contributed by atoms with E-state index >= 15 is 0 Å². The van der Waals surface area contributed by atoms with Gasteiger partial charge in [-0.05, 0) is 41.6 Å². The summed E-state index contributed by atoms with van der Waals surface area (Å²) in [7, 11) is 1.75. The van der Waals surface area contributed by atoms with E-state index in [2.05, 4.69) is 5.32 Å².